The average Bonchev–Trinajstić information content (AvgIpc) is 2.70. The number of hydrogen-bond donors (Lipinski definition) is 1. The smallest absolute Gasteiger partial charge is 0.223 e. The summed E-state index contributed by atoms with van der Waals surface area (Å²) in [4.78, 5) is 14.9. The quantitative estimate of drug-likeness (QED) is 0.670. The van der Waals surface area contributed by atoms with Crippen molar-refractivity contribution in [2.75, 3.05) is 0 Å². The molecule has 0 fully saturated rings. The van der Waals surface area contributed by atoms with Gasteiger partial charge in [-0.1, -0.05) is 39.0 Å². The third kappa shape index (κ3) is 5.52. The van der Waals surface area contributed by atoms with Crippen LogP contribution in [0, 0.1) is 0 Å². The van der Waals surface area contributed by atoms with Crippen molar-refractivity contribution in [3.8, 4) is 0 Å². The number of hydrogen-bond acceptors (Lipinski definition) is 2. The number of amides is 1. The second-order valence-electron chi connectivity index (χ2n) is 4.49. The summed E-state index contributed by atoms with van der Waals surface area (Å²) in [6, 6.07) is 0. The Balaban J connectivity index is 2.22. The predicted molar refractivity (Wildman–Crippen MR) is 68.5 cm³/mol. The molecule has 0 bridgehead atoms. The van der Waals surface area contributed by atoms with Crippen LogP contribution in [0.3, 0.4) is 0 Å². The maximum atomic E-state index is 10.8. The van der Waals surface area contributed by atoms with Crippen molar-refractivity contribution in [2.45, 2.75) is 58.4 Å². The van der Waals surface area contributed by atoms with Crippen LogP contribution in [0.4, 0.5) is 0 Å². The molecule has 0 spiro atoms. The molecule has 0 saturated carbocycles. The fourth-order valence-electron chi connectivity index (χ4n) is 1.94. The minimum atomic E-state index is -0.297. The lowest BCUT2D eigenvalue weighted by Gasteiger charge is -2.06. The van der Waals surface area contributed by atoms with Gasteiger partial charge in [-0.3, -0.25) is 4.79 Å². The molecule has 0 aliphatic heterocycles. The summed E-state index contributed by atoms with van der Waals surface area (Å²) < 4.78 is 2.03. The molecule has 0 aromatic carbocycles. The number of unbranched alkanes of at least 4 members (excludes halogenated alkanes) is 5. The van der Waals surface area contributed by atoms with Crippen LogP contribution in [0.15, 0.2) is 12.5 Å². The van der Waals surface area contributed by atoms with Crippen molar-refractivity contribution in [2.24, 2.45) is 5.73 Å². The standard InChI is InChI=1S/C13H23N3O/c1-2-3-4-5-6-7-8-16-11-15-10-12(16)9-13(14)17/h10-11H,2-9H2,1H3,(H2,14,17). The number of nitrogens with zero attached hydrogens (tertiary/aromatic N) is 2. The maximum Gasteiger partial charge on any atom is 0.223 e. The first-order valence-corrected chi connectivity index (χ1v) is 6.51. The van der Waals surface area contributed by atoms with Crippen LogP contribution in [0.1, 0.15) is 51.1 Å². The number of rotatable bonds is 9. The minimum Gasteiger partial charge on any atom is -0.369 e. The Morgan fingerprint density at radius 1 is 1.29 bits per heavy atom. The molecule has 96 valence electrons. The van der Waals surface area contributed by atoms with Crippen LogP contribution in [0.25, 0.3) is 0 Å². The molecular weight excluding hydrogens is 214 g/mol. The number of primary amides is 1. The number of carbonyl (C=O) groups is 1. The zero-order valence-electron chi connectivity index (χ0n) is 10.7. The molecule has 0 aliphatic carbocycles. The maximum absolute atomic E-state index is 10.8. The zero-order valence-corrected chi connectivity index (χ0v) is 10.7. The van der Waals surface area contributed by atoms with E-state index in [1.807, 2.05) is 4.57 Å². The first kappa shape index (κ1) is 13.7. The molecule has 0 saturated heterocycles. The fourth-order valence-corrected chi connectivity index (χ4v) is 1.94. The number of imidazole rings is 1. The van der Waals surface area contributed by atoms with E-state index < -0.39 is 0 Å². The lowest BCUT2D eigenvalue weighted by atomic mass is 10.1. The predicted octanol–water partition coefficient (Wildman–Crippen LogP) is 2.27. The number of aromatic nitrogens is 2. The summed E-state index contributed by atoms with van der Waals surface area (Å²) in [5, 5.41) is 0. The van der Waals surface area contributed by atoms with E-state index in [2.05, 4.69) is 11.9 Å². The largest absolute Gasteiger partial charge is 0.369 e. The third-order valence-electron chi connectivity index (χ3n) is 2.91. The van der Waals surface area contributed by atoms with Crippen LogP contribution in [-0.2, 0) is 17.8 Å². The van der Waals surface area contributed by atoms with E-state index in [-0.39, 0.29) is 12.3 Å². The highest BCUT2D eigenvalue weighted by Gasteiger charge is 2.04. The topological polar surface area (TPSA) is 60.9 Å². The van der Waals surface area contributed by atoms with Crippen molar-refractivity contribution >= 4 is 5.91 Å². The Morgan fingerprint density at radius 3 is 2.71 bits per heavy atom. The van der Waals surface area contributed by atoms with Crippen molar-refractivity contribution in [1.82, 2.24) is 9.55 Å². The summed E-state index contributed by atoms with van der Waals surface area (Å²) in [7, 11) is 0. The van der Waals surface area contributed by atoms with Gasteiger partial charge in [-0.25, -0.2) is 4.98 Å². The molecule has 0 unspecified atom stereocenters. The average molecular weight is 237 g/mol. The Kier molecular flexibility index (Phi) is 6.37. The van der Waals surface area contributed by atoms with E-state index >= 15 is 0 Å². The lowest BCUT2D eigenvalue weighted by molar-refractivity contribution is -0.117. The first-order valence-electron chi connectivity index (χ1n) is 6.51. The molecule has 4 heteroatoms. The van der Waals surface area contributed by atoms with E-state index in [0.29, 0.717) is 0 Å². The van der Waals surface area contributed by atoms with Gasteiger partial charge in [0.15, 0.2) is 0 Å². The molecule has 17 heavy (non-hydrogen) atoms. The molecule has 1 heterocycles. The summed E-state index contributed by atoms with van der Waals surface area (Å²) in [5.74, 6) is -0.297. The van der Waals surface area contributed by atoms with Crippen LogP contribution in [-0.4, -0.2) is 15.5 Å². The van der Waals surface area contributed by atoms with Gasteiger partial charge in [-0.15, -0.1) is 0 Å². The van der Waals surface area contributed by atoms with E-state index in [4.69, 9.17) is 5.73 Å². The van der Waals surface area contributed by atoms with Gasteiger partial charge in [-0.2, -0.15) is 0 Å². The van der Waals surface area contributed by atoms with Gasteiger partial charge in [0.1, 0.15) is 0 Å². The summed E-state index contributed by atoms with van der Waals surface area (Å²) in [6.45, 7) is 3.16. The molecular formula is C13H23N3O. The molecule has 0 aliphatic rings. The number of nitrogens with two attached hydrogens (primary N) is 1. The highest BCUT2D eigenvalue weighted by atomic mass is 16.1. The minimum absolute atomic E-state index is 0.288. The zero-order chi connectivity index (χ0) is 12.5. The Bertz CT molecular complexity index is 333. The number of carbonyl (C=O) groups excluding carboxylic acids is 1. The summed E-state index contributed by atoms with van der Waals surface area (Å²) in [6.07, 6.45) is 11.4. The van der Waals surface area contributed by atoms with Crippen molar-refractivity contribution in [3.05, 3.63) is 18.2 Å². The molecule has 0 atom stereocenters. The van der Waals surface area contributed by atoms with Gasteiger partial charge in [0, 0.05) is 18.4 Å². The Labute approximate surface area is 103 Å². The highest BCUT2D eigenvalue weighted by molar-refractivity contribution is 5.76. The van der Waals surface area contributed by atoms with E-state index in [0.717, 1.165) is 18.7 Å². The molecule has 2 N–H and O–H groups in total. The van der Waals surface area contributed by atoms with Crippen molar-refractivity contribution in [3.63, 3.8) is 0 Å². The second kappa shape index (κ2) is 7.87. The molecule has 1 aromatic heterocycles. The van der Waals surface area contributed by atoms with Gasteiger partial charge < -0.3 is 10.3 Å². The summed E-state index contributed by atoms with van der Waals surface area (Å²) in [5.41, 5.74) is 6.10. The van der Waals surface area contributed by atoms with E-state index in [1.165, 1.54) is 32.1 Å². The van der Waals surface area contributed by atoms with Crippen LogP contribution in [0.2, 0.25) is 0 Å². The monoisotopic (exact) mass is 237 g/mol. The Morgan fingerprint density at radius 2 is 2.00 bits per heavy atom. The van der Waals surface area contributed by atoms with Gasteiger partial charge in [-0.05, 0) is 6.42 Å². The number of aryl methyl sites for hydroxylation is 1. The molecule has 1 rings (SSSR count). The Hall–Kier alpha value is -1.32. The lowest BCUT2D eigenvalue weighted by Crippen LogP contribution is -2.16. The van der Waals surface area contributed by atoms with E-state index in [9.17, 15) is 4.79 Å². The highest BCUT2D eigenvalue weighted by Crippen LogP contribution is 2.08. The normalized spacial score (nSPS) is 10.6. The summed E-state index contributed by atoms with van der Waals surface area (Å²) >= 11 is 0. The van der Waals surface area contributed by atoms with Crippen LogP contribution < -0.4 is 5.73 Å². The van der Waals surface area contributed by atoms with Crippen LogP contribution >= 0.6 is 0 Å². The molecule has 0 radical (unpaired) electrons. The van der Waals surface area contributed by atoms with Gasteiger partial charge in [0.25, 0.3) is 0 Å². The fraction of sp³-hybridized carbons (Fsp3) is 0.692. The van der Waals surface area contributed by atoms with Gasteiger partial charge in [0.05, 0.1) is 12.7 Å². The molecule has 4 nitrogen and oxygen atoms in total. The molecule has 1 aromatic rings. The second-order valence-corrected chi connectivity index (χ2v) is 4.49. The first-order chi connectivity index (χ1) is 8.24. The SMILES string of the molecule is CCCCCCCCn1cncc1CC(N)=O. The van der Waals surface area contributed by atoms with Crippen molar-refractivity contribution in [1.29, 1.82) is 0 Å². The molecule has 1 amide bonds. The van der Waals surface area contributed by atoms with E-state index in [1.54, 1.807) is 12.5 Å². The van der Waals surface area contributed by atoms with Gasteiger partial charge >= 0.3 is 0 Å². The third-order valence-corrected chi connectivity index (χ3v) is 2.91. The van der Waals surface area contributed by atoms with Crippen LogP contribution in [0.5, 0.6) is 0 Å². The van der Waals surface area contributed by atoms with Gasteiger partial charge in [0.2, 0.25) is 5.91 Å². The van der Waals surface area contributed by atoms with Crippen molar-refractivity contribution < 1.29 is 4.79 Å².